The van der Waals surface area contributed by atoms with Crippen molar-refractivity contribution in [3.8, 4) is 0 Å². The highest BCUT2D eigenvalue weighted by Crippen LogP contribution is 2.25. The first kappa shape index (κ1) is 17.6. The number of anilines is 1. The Balaban J connectivity index is 0.00000176. The third kappa shape index (κ3) is 3.94. The van der Waals surface area contributed by atoms with Crippen LogP contribution in [0.4, 0.5) is 5.69 Å². The van der Waals surface area contributed by atoms with E-state index in [2.05, 4.69) is 25.1 Å². The number of nitrogens with zero attached hydrogens (tertiary/aromatic N) is 4. The molecule has 8 heteroatoms. The number of guanidine groups is 1. The molecule has 0 spiro atoms. The Morgan fingerprint density at radius 2 is 2.05 bits per heavy atom. The molecule has 2 aliphatic heterocycles. The van der Waals surface area contributed by atoms with Gasteiger partial charge in [0, 0.05) is 45.7 Å². The number of halogens is 2. The summed E-state index contributed by atoms with van der Waals surface area (Å²) in [6.07, 6.45) is 3.48. The van der Waals surface area contributed by atoms with Crippen molar-refractivity contribution in [1.29, 1.82) is 0 Å². The first-order valence-corrected chi connectivity index (χ1v) is 7.55. The zero-order valence-electron chi connectivity index (χ0n) is 12.5. The molecule has 0 aliphatic carbocycles. The van der Waals surface area contributed by atoms with E-state index < -0.39 is 0 Å². The lowest BCUT2D eigenvalue weighted by Gasteiger charge is -2.37. The van der Waals surface area contributed by atoms with Gasteiger partial charge in [-0.25, -0.2) is 0 Å². The van der Waals surface area contributed by atoms with Crippen LogP contribution in [0.2, 0.25) is 5.02 Å². The fourth-order valence-corrected chi connectivity index (χ4v) is 2.98. The molecule has 1 saturated heterocycles. The third-order valence-electron chi connectivity index (χ3n) is 3.83. The molecule has 1 N–H and O–H groups in total. The predicted molar refractivity (Wildman–Crippen MR) is 99.5 cm³/mol. The van der Waals surface area contributed by atoms with Gasteiger partial charge in [0.2, 0.25) is 0 Å². The Labute approximate surface area is 152 Å². The number of methoxy groups -OCH3 is 1. The predicted octanol–water partition coefficient (Wildman–Crippen LogP) is 1.45. The maximum absolute atomic E-state index is 6.21. The Kier molecular flexibility index (Phi) is 6.51. The van der Waals surface area contributed by atoms with Crippen LogP contribution in [0.15, 0.2) is 23.5 Å². The van der Waals surface area contributed by atoms with Crippen LogP contribution in [0.1, 0.15) is 0 Å². The van der Waals surface area contributed by atoms with E-state index in [1.54, 1.807) is 19.5 Å². The van der Waals surface area contributed by atoms with E-state index in [9.17, 15) is 0 Å². The van der Waals surface area contributed by atoms with Crippen molar-refractivity contribution < 1.29 is 4.74 Å². The molecule has 3 heterocycles. The quantitative estimate of drug-likeness (QED) is 0.726. The average molecular weight is 438 g/mol. The minimum atomic E-state index is 0. The van der Waals surface area contributed by atoms with Crippen molar-refractivity contribution in [2.75, 3.05) is 51.3 Å². The fraction of sp³-hybridized carbons (Fsp3) is 0.571. The van der Waals surface area contributed by atoms with Gasteiger partial charge in [0.1, 0.15) is 0 Å². The highest BCUT2D eigenvalue weighted by atomic mass is 127. The Hall–Kier alpha value is -0.800. The number of pyridine rings is 1. The van der Waals surface area contributed by atoms with Crippen LogP contribution >= 0.6 is 35.6 Å². The topological polar surface area (TPSA) is 53.0 Å². The van der Waals surface area contributed by atoms with Gasteiger partial charge < -0.3 is 19.9 Å². The number of nitrogens with one attached hydrogen (secondary N) is 1. The summed E-state index contributed by atoms with van der Waals surface area (Å²) >= 11 is 6.21. The Morgan fingerprint density at radius 1 is 1.32 bits per heavy atom. The molecular weight excluding hydrogens is 417 g/mol. The van der Waals surface area contributed by atoms with Crippen LogP contribution in [0.5, 0.6) is 0 Å². The lowest BCUT2D eigenvalue weighted by Crippen LogP contribution is -2.53. The van der Waals surface area contributed by atoms with Crippen LogP contribution in [0.3, 0.4) is 0 Å². The van der Waals surface area contributed by atoms with Crippen LogP contribution in [0, 0.1) is 0 Å². The smallest absolute Gasteiger partial charge is 0.194 e. The van der Waals surface area contributed by atoms with Crippen LogP contribution in [0.25, 0.3) is 0 Å². The van der Waals surface area contributed by atoms with Crippen molar-refractivity contribution in [3.63, 3.8) is 0 Å². The summed E-state index contributed by atoms with van der Waals surface area (Å²) in [7, 11) is 1.72. The van der Waals surface area contributed by atoms with Crippen molar-refractivity contribution >= 4 is 47.2 Å². The molecule has 0 bridgehead atoms. The fourth-order valence-electron chi connectivity index (χ4n) is 2.74. The van der Waals surface area contributed by atoms with Gasteiger partial charge in [-0.2, -0.15) is 0 Å². The minimum absolute atomic E-state index is 0. The maximum Gasteiger partial charge on any atom is 0.194 e. The van der Waals surface area contributed by atoms with Gasteiger partial charge in [0.15, 0.2) is 5.96 Å². The summed E-state index contributed by atoms with van der Waals surface area (Å²) in [6.45, 7) is 5.21. The molecule has 1 unspecified atom stereocenters. The molecule has 6 nitrogen and oxygen atoms in total. The Bertz CT molecular complexity index is 522. The van der Waals surface area contributed by atoms with E-state index in [1.165, 1.54) is 0 Å². The van der Waals surface area contributed by atoms with Crippen LogP contribution < -0.4 is 10.2 Å². The van der Waals surface area contributed by atoms with E-state index in [1.807, 2.05) is 6.07 Å². The molecule has 0 amide bonds. The molecule has 22 heavy (non-hydrogen) atoms. The number of hydrogen-bond acceptors (Lipinski definition) is 6. The van der Waals surface area contributed by atoms with E-state index in [-0.39, 0.29) is 24.0 Å². The van der Waals surface area contributed by atoms with Crippen LogP contribution in [-0.2, 0) is 4.74 Å². The molecule has 2 aliphatic rings. The van der Waals surface area contributed by atoms with Gasteiger partial charge in [-0.1, -0.05) is 11.6 Å². The van der Waals surface area contributed by atoms with E-state index in [4.69, 9.17) is 16.3 Å². The van der Waals surface area contributed by atoms with Gasteiger partial charge in [-0.15, -0.1) is 24.0 Å². The summed E-state index contributed by atoms with van der Waals surface area (Å²) < 4.78 is 5.17. The molecule has 0 radical (unpaired) electrons. The van der Waals surface area contributed by atoms with Gasteiger partial charge in [-0.3, -0.25) is 9.98 Å². The maximum atomic E-state index is 6.21. The average Bonchev–Trinajstić information content (AvgIpc) is 2.97. The highest BCUT2D eigenvalue weighted by Gasteiger charge is 2.25. The number of aliphatic imine (C=N–C) groups is 1. The molecule has 0 aromatic carbocycles. The lowest BCUT2D eigenvalue weighted by atomic mass is 10.2. The Morgan fingerprint density at radius 3 is 2.73 bits per heavy atom. The monoisotopic (exact) mass is 437 g/mol. The van der Waals surface area contributed by atoms with E-state index >= 15 is 0 Å². The van der Waals surface area contributed by atoms with E-state index in [0.29, 0.717) is 17.7 Å². The van der Waals surface area contributed by atoms with Gasteiger partial charge >= 0.3 is 0 Å². The first-order valence-electron chi connectivity index (χ1n) is 7.17. The zero-order chi connectivity index (χ0) is 14.7. The molecular formula is C14H21ClIN5O. The standard InChI is InChI=1S/C14H20ClN5O.HI/c1-21-10-11-8-17-14(18-11)20-6-4-19(5-7-20)13-2-3-16-9-12(13)15;/h2-3,9,11H,4-8,10H2,1H3,(H,17,18);1H. The number of aromatic nitrogens is 1. The van der Waals surface area contributed by atoms with Crippen molar-refractivity contribution in [2.45, 2.75) is 6.04 Å². The summed E-state index contributed by atoms with van der Waals surface area (Å²) in [5, 5.41) is 4.13. The van der Waals surface area contributed by atoms with E-state index in [0.717, 1.165) is 44.4 Å². The third-order valence-corrected chi connectivity index (χ3v) is 4.12. The lowest BCUT2D eigenvalue weighted by molar-refractivity contribution is 0.178. The zero-order valence-corrected chi connectivity index (χ0v) is 15.6. The summed E-state index contributed by atoms with van der Waals surface area (Å²) in [6, 6.07) is 2.27. The number of hydrogen-bond donors (Lipinski definition) is 1. The first-order chi connectivity index (χ1) is 10.3. The van der Waals surface area contributed by atoms with Gasteiger partial charge in [-0.05, 0) is 6.07 Å². The molecule has 1 atom stereocenters. The highest BCUT2D eigenvalue weighted by molar-refractivity contribution is 14.0. The second-order valence-corrected chi connectivity index (χ2v) is 5.67. The van der Waals surface area contributed by atoms with Crippen LogP contribution in [-0.4, -0.2) is 68.3 Å². The largest absolute Gasteiger partial charge is 0.382 e. The van der Waals surface area contributed by atoms with Crippen molar-refractivity contribution in [1.82, 2.24) is 15.2 Å². The van der Waals surface area contributed by atoms with Crippen molar-refractivity contribution in [2.24, 2.45) is 4.99 Å². The normalized spacial score (nSPS) is 21.2. The minimum Gasteiger partial charge on any atom is -0.382 e. The molecule has 122 valence electrons. The molecule has 3 rings (SSSR count). The second kappa shape index (κ2) is 8.16. The molecule has 0 saturated carbocycles. The van der Waals surface area contributed by atoms with Gasteiger partial charge in [0.25, 0.3) is 0 Å². The molecule has 1 fully saturated rings. The molecule has 1 aromatic heterocycles. The number of piperazine rings is 1. The number of ether oxygens (including phenoxy) is 1. The molecule has 1 aromatic rings. The second-order valence-electron chi connectivity index (χ2n) is 5.26. The SMILES string of the molecule is COCC1CN=C(N2CCN(c3ccncc3Cl)CC2)N1.I. The van der Waals surface area contributed by atoms with Crippen molar-refractivity contribution in [3.05, 3.63) is 23.5 Å². The summed E-state index contributed by atoms with van der Waals surface area (Å²) in [5.74, 6) is 0.998. The summed E-state index contributed by atoms with van der Waals surface area (Å²) in [4.78, 5) is 13.2. The number of rotatable bonds is 3. The summed E-state index contributed by atoms with van der Waals surface area (Å²) in [5.41, 5.74) is 1.06. The van der Waals surface area contributed by atoms with Gasteiger partial charge in [0.05, 0.1) is 29.9 Å².